The lowest BCUT2D eigenvalue weighted by Crippen LogP contribution is -2.51. The minimum absolute atomic E-state index is 0.0501. The van der Waals surface area contributed by atoms with Crippen molar-refractivity contribution in [3.63, 3.8) is 0 Å². The maximum absolute atomic E-state index is 12.8. The van der Waals surface area contributed by atoms with E-state index in [1.165, 1.54) is 0 Å². The van der Waals surface area contributed by atoms with Gasteiger partial charge >= 0.3 is 0 Å². The van der Waals surface area contributed by atoms with Crippen molar-refractivity contribution in [1.29, 1.82) is 0 Å². The SMILES string of the molecule is CC(C)[C@H](NC(=O)COc1ccccc1)C(=O)N(C)Cc1ccc(Cl)cc1. The molecule has 0 saturated heterocycles. The van der Waals surface area contributed by atoms with Crippen molar-refractivity contribution >= 4 is 23.4 Å². The summed E-state index contributed by atoms with van der Waals surface area (Å²) < 4.78 is 5.45. The van der Waals surface area contributed by atoms with Crippen LogP contribution in [0.3, 0.4) is 0 Å². The number of hydrogen-bond acceptors (Lipinski definition) is 3. The molecule has 0 aliphatic heterocycles. The highest BCUT2D eigenvalue weighted by Gasteiger charge is 2.27. The molecule has 5 nitrogen and oxygen atoms in total. The Balaban J connectivity index is 1.93. The Morgan fingerprint density at radius 1 is 1.07 bits per heavy atom. The van der Waals surface area contributed by atoms with Gasteiger partial charge in [0.2, 0.25) is 5.91 Å². The number of likely N-dealkylation sites (N-methyl/N-ethyl adjacent to an activating group) is 1. The highest BCUT2D eigenvalue weighted by molar-refractivity contribution is 6.30. The van der Waals surface area contributed by atoms with Crippen molar-refractivity contribution in [2.24, 2.45) is 5.92 Å². The highest BCUT2D eigenvalue weighted by Crippen LogP contribution is 2.13. The molecule has 0 unspecified atom stereocenters. The van der Waals surface area contributed by atoms with Crippen LogP contribution in [0, 0.1) is 5.92 Å². The minimum atomic E-state index is -0.617. The van der Waals surface area contributed by atoms with E-state index in [0.29, 0.717) is 17.3 Å². The standard InChI is InChI=1S/C21H25ClN2O3/c1-15(2)20(23-19(25)14-27-18-7-5-4-6-8-18)21(26)24(3)13-16-9-11-17(22)12-10-16/h4-12,15,20H,13-14H2,1-3H3,(H,23,25)/t20-/m0/s1. The molecule has 0 fully saturated rings. The fraction of sp³-hybridized carbons (Fsp3) is 0.333. The van der Waals surface area contributed by atoms with Crippen LogP contribution in [0.15, 0.2) is 54.6 Å². The van der Waals surface area contributed by atoms with Crippen molar-refractivity contribution < 1.29 is 14.3 Å². The van der Waals surface area contributed by atoms with Crippen LogP contribution in [-0.4, -0.2) is 36.4 Å². The average molecular weight is 389 g/mol. The van der Waals surface area contributed by atoms with Gasteiger partial charge in [0.15, 0.2) is 6.61 Å². The van der Waals surface area contributed by atoms with Gasteiger partial charge in [-0.3, -0.25) is 9.59 Å². The summed E-state index contributed by atoms with van der Waals surface area (Å²) in [6.07, 6.45) is 0. The van der Waals surface area contributed by atoms with E-state index in [9.17, 15) is 9.59 Å². The molecule has 0 spiro atoms. The number of amides is 2. The van der Waals surface area contributed by atoms with Gasteiger partial charge in [-0.2, -0.15) is 0 Å². The minimum Gasteiger partial charge on any atom is -0.484 e. The number of rotatable bonds is 8. The van der Waals surface area contributed by atoms with E-state index in [0.717, 1.165) is 5.56 Å². The summed E-state index contributed by atoms with van der Waals surface area (Å²) in [6.45, 7) is 4.10. The Kier molecular flexibility index (Phi) is 7.67. The number of nitrogens with one attached hydrogen (secondary N) is 1. The van der Waals surface area contributed by atoms with Gasteiger partial charge in [-0.05, 0) is 35.7 Å². The average Bonchev–Trinajstić information content (AvgIpc) is 2.66. The van der Waals surface area contributed by atoms with E-state index in [2.05, 4.69) is 5.32 Å². The number of halogens is 1. The molecule has 0 saturated carbocycles. The highest BCUT2D eigenvalue weighted by atomic mass is 35.5. The van der Waals surface area contributed by atoms with Crippen LogP contribution in [0.2, 0.25) is 5.02 Å². The summed E-state index contributed by atoms with van der Waals surface area (Å²) in [7, 11) is 1.72. The van der Waals surface area contributed by atoms with Gasteiger partial charge in [0.05, 0.1) is 0 Å². The molecule has 0 bridgehead atoms. The maximum atomic E-state index is 12.8. The molecular formula is C21H25ClN2O3. The number of ether oxygens (including phenoxy) is 1. The van der Waals surface area contributed by atoms with E-state index in [4.69, 9.17) is 16.3 Å². The van der Waals surface area contributed by atoms with Crippen LogP contribution in [0.4, 0.5) is 0 Å². The van der Waals surface area contributed by atoms with Gasteiger partial charge in [-0.1, -0.05) is 55.8 Å². The molecule has 2 rings (SSSR count). The molecular weight excluding hydrogens is 364 g/mol. The van der Waals surface area contributed by atoms with Gasteiger partial charge in [-0.25, -0.2) is 0 Å². The number of hydrogen-bond donors (Lipinski definition) is 1. The topological polar surface area (TPSA) is 58.6 Å². The fourth-order valence-electron chi connectivity index (χ4n) is 2.57. The lowest BCUT2D eigenvalue weighted by molar-refractivity contribution is -0.137. The molecule has 6 heteroatoms. The molecule has 1 atom stereocenters. The second kappa shape index (κ2) is 9.97. The molecule has 2 aromatic rings. The molecule has 0 aromatic heterocycles. The molecule has 27 heavy (non-hydrogen) atoms. The monoisotopic (exact) mass is 388 g/mol. The van der Waals surface area contributed by atoms with Crippen molar-refractivity contribution in [3.05, 3.63) is 65.2 Å². The number of carbonyl (C=O) groups excluding carboxylic acids is 2. The summed E-state index contributed by atoms with van der Waals surface area (Å²) in [5.74, 6) is 0.0876. The van der Waals surface area contributed by atoms with Crippen molar-refractivity contribution in [1.82, 2.24) is 10.2 Å². The Bertz CT molecular complexity index is 748. The summed E-state index contributed by atoms with van der Waals surface area (Å²) in [5, 5.41) is 3.44. The Hall–Kier alpha value is -2.53. The number of para-hydroxylation sites is 1. The molecule has 0 radical (unpaired) electrons. The Morgan fingerprint density at radius 2 is 1.70 bits per heavy atom. The first-order chi connectivity index (χ1) is 12.9. The molecule has 1 N–H and O–H groups in total. The zero-order valence-corrected chi connectivity index (χ0v) is 16.6. The van der Waals surface area contributed by atoms with Crippen LogP contribution in [0.1, 0.15) is 19.4 Å². The van der Waals surface area contributed by atoms with E-state index in [-0.39, 0.29) is 24.3 Å². The van der Waals surface area contributed by atoms with Crippen LogP contribution in [0.5, 0.6) is 5.75 Å². The molecule has 144 valence electrons. The first kappa shape index (κ1) is 20.8. The Labute approximate surface area is 165 Å². The third kappa shape index (κ3) is 6.61. The summed E-state index contributed by atoms with van der Waals surface area (Å²) in [4.78, 5) is 26.6. The second-order valence-corrected chi connectivity index (χ2v) is 7.15. The molecule has 0 aliphatic carbocycles. The quantitative estimate of drug-likeness (QED) is 0.752. The van der Waals surface area contributed by atoms with Crippen LogP contribution < -0.4 is 10.1 Å². The van der Waals surface area contributed by atoms with E-state index >= 15 is 0 Å². The van der Waals surface area contributed by atoms with Crippen molar-refractivity contribution in [3.8, 4) is 5.75 Å². The zero-order valence-electron chi connectivity index (χ0n) is 15.8. The maximum Gasteiger partial charge on any atom is 0.258 e. The van der Waals surface area contributed by atoms with Gasteiger partial charge in [0.25, 0.3) is 5.91 Å². The molecule has 2 aromatic carbocycles. The normalized spacial score (nSPS) is 11.7. The lowest BCUT2D eigenvalue weighted by atomic mass is 10.0. The second-order valence-electron chi connectivity index (χ2n) is 6.71. The number of nitrogens with zero attached hydrogens (tertiary/aromatic N) is 1. The third-order valence-electron chi connectivity index (χ3n) is 4.07. The first-order valence-corrected chi connectivity index (χ1v) is 9.21. The van der Waals surface area contributed by atoms with Gasteiger partial charge in [0, 0.05) is 18.6 Å². The largest absolute Gasteiger partial charge is 0.484 e. The van der Waals surface area contributed by atoms with Gasteiger partial charge < -0.3 is 15.0 Å². The summed E-state index contributed by atoms with van der Waals surface area (Å²) in [5.41, 5.74) is 0.969. The smallest absolute Gasteiger partial charge is 0.258 e. The first-order valence-electron chi connectivity index (χ1n) is 8.83. The van der Waals surface area contributed by atoms with Crippen LogP contribution >= 0.6 is 11.6 Å². The van der Waals surface area contributed by atoms with Crippen molar-refractivity contribution in [2.75, 3.05) is 13.7 Å². The van der Waals surface area contributed by atoms with Gasteiger partial charge in [-0.15, -0.1) is 0 Å². The van der Waals surface area contributed by atoms with E-state index in [1.54, 1.807) is 36.2 Å². The third-order valence-corrected chi connectivity index (χ3v) is 4.32. The number of carbonyl (C=O) groups is 2. The van der Waals surface area contributed by atoms with Crippen LogP contribution in [-0.2, 0) is 16.1 Å². The molecule has 0 aliphatic rings. The summed E-state index contributed by atoms with van der Waals surface area (Å²) in [6, 6.07) is 15.8. The predicted molar refractivity (Wildman–Crippen MR) is 107 cm³/mol. The summed E-state index contributed by atoms with van der Waals surface area (Å²) >= 11 is 5.89. The van der Waals surface area contributed by atoms with E-state index < -0.39 is 6.04 Å². The van der Waals surface area contributed by atoms with E-state index in [1.807, 2.05) is 44.2 Å². The van der Waals surface area contributed by atoms with Crippen LogP contribution in [0.25, 0.3) is 0 Å². The Morgan fingerprint density at radius 3 is 2.30 bits per heavy atom. The molecule has 0 heterocycles. The lowest BCUT2D eigenvalue weighted by Gasteiger charge is -2.27. The fourth-order valence-corrected chi connectivity index (χ4v) is 2.70. The van der Waals surface area contributed by atoms with Gasteiger partial charge in [0.1, 0.15) is 11.8 Å². The zero-order chi connectivity index (χ0) is 19.8. The van der Waals surface area contributed by atoms with Crippen molar-refractivity contribution in [2.45, 2.75) is 26.4 Å². The predicted octanol–water partition coefficient (Wildman–Crippen LogP) is 3.52. The number of benzene rings is 2. The molecule has 2 amide bonds.